The molecular formula is C54H32N4O. The zero-order chi connectivity index (χ0) is 38.9. The van der Waals surface area contributed by atoms with Crippen molar-refractivity contribution in [2.75, 3.05) is 0 Å². The maximum absolute atomic E-state index is 6.82. The van der Waals surface area contributed by atoms with Gasteiger partial charge in [-0.15, -0.1) is 0 Å². The van der Waals surface area contributed by atoms with Crippen molar-refractivity contribution in [1.82, 2.24) is 19.9 Å². The molecule has 0 radical (unpaired) electrons. The van der Waals surface area contributed by atoms with Gasteiger partial charge >= 0.3 is 0 Å². The van der Waals surface area contributed by atoms with E-state index in [1.807, 2.05) is 72.8 Å². The second-order valence-electron chi connectivity index (χ2n) is 14.9. The van der Waals surface area contributed by atoms with Crippen LogP contribution >= 0.6 is 0 Å². The molecule has 0 saturated carbocycles. The Morgan fingerprint density at radius 1 is 0.305 bits per heavy atom. The van der Waals surface area contributed by atoms with Crippen molar-refractivity contribution in [1.29, 1.82) is 0 Å². The summed E-state index contributed by atoms with van der Waals surface area (Å²) in [7, 11) is 0. The third kappa shape index (κ3) is 5.40. The van der Waals surface area contributed by atoms with Crippen molar-refractivity contribution in [3.05, 3.63) is 194 Å². The fourth-order valence-corrected chi connectivity index (χ4v) is 8.78. The Morgan fingerprint density at radius 3 is 1.47 bits per heavy atom. The van der Waals surface area contributed by atoms with Gasteiger partial charge < -0.3 is 4.42 Å². The van der Waals surface area contributed by atoms with Crippen LogP contribution < -0.4 is 0 Å². The van der Waals surface area contributed by atoms with E-state index in [9.17, 15) is 0 Å². The summed E-state index contributed by atoms with van der Waals surface area (Å²) in [4.78, 5) is 20.4. The molecule has 12 rings (SSSR count). The summed E-state index contributed by atoms with van der Waals surface area (Å²) in [6.45, 7) is 0. The average Bonchev–Trinajstić information content (AvgIpc) is 3.71. The predicted octanol–water partition coefficient (Wildman–Crippen LogP) is 14.1. The molecule has 5 nitrogen and oxygen atoms in total. The Hall–Kier alpha value is -8.02. The fraction of sp³-hybridized carbons (Fsp3) is 0. The summed E-state index contributed by atoms with van der Waals surface area (Å²) in [6.07, 6.45) is 0. The quantitative estimate of drug-likeness (QED) is 0.164. The van der Waals surface area contributed by atoms with Gasteiger partial charge in [0.2, 0.25) is 0 Å². The molecule has 0 spiro atoms. The third-order valence-corrected chi connectivity index (χ3v) is 11.5. The molecule has 0 bridgehead atoms. The summed E-state index contributed by atoms with van der Waals surface area (Å²) in [5.41, 5.74) is 9.15. The fourth-order valence-electron chi connectivity index (χ4n) is 8.78. The van der Waals surface area contributed by atoms with Crippen molar-refractivity contribution in [2.24, 2.45) is 0 Å². The number of rotatable bonds is 5. The number of nitrogens with zero attached hydrogens (tertiary/aromatic N) is 4. The van der Waals surface area contributed by atoms with Gasteiger partial charge in [0.25, 0.3) is 0 Å². The zero-order valence-electron chi connectivity index (χ0n) is 31.7. The standard InChI is InChI=1S/C54H32N4O/c1-3-15-33(16-4-1)52-56-53(34-17-5-2-6-18-34)58-54(57-52)37-20-13-19-35(31-37)38-26-14-27-46-48(38)49-44-25-11-12-28-47(44)59-51(49)50(55-46)36-29-30-43-41-23-8-7-21-39(41)40-22-9-10-24-42(40)45(43)32-36/h1-32H. The van der Waals surface area contributed by atoms with E-state index in [4.69, 9.17) is 24.4 Å². The lowest BCUT2D eigenvalue weighted by atomic mass is 9.92. The van der Waals surface area contributed by atoms with Crippen LogP contribution in [0.2, 0.25) is 0 Å². The van der Waals surface area contributed by atoms with Crippen LogP contribution in [0.4, 0.5) is 0 Å². The lowest BCUT2D eigenvalue weighted by Gasteiger charge is -2.14. The van der Waals surface area contributed by atoms with Crippen LogP contribution in [-0.4, -0.2) is 19.9 Å². The molecule has 0 saturated heterocycles. The molecule has 0 aliphatic heterocycles. The number of hydrogen-bond acceptors (Lipinski definition) is 5. The van der Waals surface area contributed by atoms with E-state index in [2.05, 4.69) is 121 Å². The van der Waals surface area contributed by atoms with Crippen LogP contribution in [0.5, 0.6) is 0 Å². The minimum absolute atomic E-state index is 0.607. The average molecular weight is 753 g/mol. The SMILES string of the molecule is c1ccc(-c2nc(-c3ccccc3)nc(-c3cccc(-c4cccc5nc(-c6ccc7c8ccccc8c8ccccc8c7c6)c6oc7ccccc7c6c45)c3)n2)cc1. The molecule has 3 heterocycles. The highest BCUT2D eigenvalue weighted by Crippen LogP contribution is 2.44. The van der Waals surface area contributed by atoms with Gasteiger partial charge in [-0.25, -0.2) is 19.9 Å². The molecule has 0 amide bonds. The lowest BCUT2D eigenvalue weighted by Crippen LogP contribution is -2.00. The molecule has 0 N–H and O–H groups in total. The molecule has 9 aromatic carbocycles. The number of benzene rings is 9. The molecule has 0 aliphatic carbocycles. The summed E-state index contributed by atoms with van der Waals surface area (Å²) in [6, 6.07) is 67.4. The zero-order valence-corrected chi connectivity index (χ0v) is 31.7. The highest BCUT2D eigenvalue weighted by atomic mass is 16.3. The number of pyridine rings is 1. The van der Waals surface area contributed by atoms with Crippen LogP contribution in [0.3, 0.4) is 0 Å². The second-order valence-corrected chi connectivity index (χ2v) is 14.9. The Balaban J connectivity index is 1.07. The van der Waals surface area contributed by atoms with Gasteiger partial charge in [-0.1, -0.05) is 170 Å². The topological polar surface area (TPSA) is 64.7 Å². The summed E-state index contributed by atoms with van der Waals surface area (Å²) in [5.74, 6) is 1.86. The van der Waals surface area contributed by atoms with Crippen molar-refractivity contribution in [3.63, 3.8) is 0 Å². The maximum atomic E-state index is 6.82. The van der Waals surface area contributed by atoms with E-state index in [1.165, 1.54) is 32.3 Å². The third-order valence-electron chi connectivity index (χ3n) is 11.5. The van der Waals surface area contributed by atoms with E-state index in [0.717, 1.165) is 71.9 Å². The van der Waals surface area contributed by atoms with Gasteiger partial charge in [-0.2, -0.15) is 0 Å². The number of furan rings is 1. The Kier molecular flexibility index (Phi) is 7.47. The van der Waals surface area contributed by atoms with Gasteiger partial charge in [0, 0.05) is 38.4 Å². The van der Waals surface area contributed by atoms with Crippen molar-refractivity contribution >= 4 is 65.2 Å². The molecule has 0 atom stereocenters. The molecule has 0 unspecified atom stereocenters. The van der Waals surface area contributed by atoms with E-state index in [1.54, 1.807) is 0 Å². The van der Waals surface area contributed by atoms with Gasteiger partial charge in [-0.3, -0.25) is 0 Å². The normalized spacial score (nSPS) is 11.7. The monoisotopic (exact) mass is 752 g/mol. The van der Waals surface area contributed by atoms with Gasteiger partial charge in [0.05, 0.1) is 5.52 Å². The molecule has 3 aromatic heterocycles. The highest BCUT2D eigenvalue weighted by Gasteiger charge is 2.22. The van der Waals surface area contributed by atoms with Crippen LogP contribution in [0, 0.1) is 0 Å². The van der Waals surface area contributed by atoms with Crippen LogP contribution in [0.25, 0.3) is 122 Å². The van der Waals surface area contributed by atoms with Crippen LogP contribution in [0.1, 0.15) is 0 Å². The second kappa shape index (κ2) is 13.3. The van der Waals surface area contributed by atoms with E-state index >= 15 is 0 Å². The number of para-hydroxylation sites is 1. The Morgan fingerprint density at radius 2 is 0.814 bits per heavy atom. The van der Waals surface area contributed by atoms with E-state index < -0.39 is 0 Å². The van der Waals surface area contributed by atoms with E-state index in [-0.39, 0.29) is 0 Å². The minimum Gasteiger partial charge on any atom is -0.454 e. The highest BCUT2D eigenvalue weighted by molar-refractivity contribution is 6.27. The van der Waals surface area contributed by atoms with Crippen LogP contribution in [0.15, 0.2) is 199 Å². The molecule has 274 valence electrons. The van der Waals surface area contributed by atoms with Crippen molar-refractivity contribution < 1.29 is 4.42 Å². The predicted molar refractivity (Wildman–Crippen MR) is 242 cm³/mol. The first-order valence-corrected chi connectivity index (χ1v) is 19.8. The maximum Gasteiger partial charge on any atom is 0.164 e. The number of aromatic nitrogens is 4. The largest absolute Gasteiger partial charge is 0.454 e. The molecule has 0 fully saturated rings. The van der Waals surface area contributed by atoms with Gasteiger partial charge in [-0.05, 0) is 67.7 Å². The van der Waals surface area contributed by atoms with Crippen molar-refractivity contribution in [3.8, 4) is 56.5 Å². The first-order valence-electron chi connectivity index (χ1n) is 19.8. The first kappa shape index (κ1) is 33.2. The molecular weight excluding hydrogens is 721 g/mol. The summed E-state index contributed by atoms with van der Waals surface area (Å²) < 4.78 is 6.82. The summed E-state index contributed by atoms with van der Waals surface area (Å²) >= 11 is 0. The molecule has 12 aromatic rings. The van der Waals surface area contributed by atoms with Crippen LogP contribution in [-0.2, 0) is 0 Å². The first-order chi connectivity index (χ1) is 29.2. The smallest absolute Gasteiger partial charge is 0.164 e. The van der Waals surface area contributed by atoms with E-state index in [0.29, 0.717) is 17.5 Å². The molecule has 5 heteroatoms. The molecule has 59 heavy (non-hydrogen) atoms. The Labute approximate surface area is 338 Å². The van der Waals surface area contributed by atoms with Crippen molar-refractivity contribution in [2.45, 2.75) is 0 Å². The molecule has 0 aliphatic rings. The number of hydrogen-bond donors (Lipinski definition) is 0. The summed E-state index contributed by atoms with van der Waals surface area (Å²) in [5, 5.41) is 10.5. The lowest BCUT2D eigenvalue weighted by molar-refractivity contribution is 0.669. The number of fused-ring (bicyclic) bond motifs is 11. The van der Waals surface area contributed by atoms with Gasteiger partial charge in [0.15, 0.2) is 23.1 Å². The Bertz CT molecular complexity index is 3520. The minimum atomic E-state index is 0.607. The van der Waals surface area contributed by atoms with Gasteiger partial charge in [0.1, 0.15) is 11.3 Å².